The van der Waals surface area contributed by atoms with Crippen LogP contribution in [0.1, 0.15) is 12.8 Å². The van der Waals surface area contributed by atoms with Crippen LogP contribution in [0.25, 0.3) is 10.9 Å². The number of fused-ring (bicyclic) bond motifs is 1. The standard InChI is InChI=1S/C15H17FN2O3S/c16-11-2-1-3-12-14(11)13(8-17-12)22(19,20)18-6-4-15(9-18)5-7-21-10-15/h1-3,8,17H,4-7,9-10H2. The molecule has 0 aliphatic carbocycles. The topological polar surface area (TPSA) is 62.4 Å². The van der Waals surface area contributed by atoms with E-state index >= 15 is 0 Å². The molecule has 118 valence electrons. The fourth-order valence-electron chi connectivity index (χ4n) is 3.52. The van der Waals surface area contributed by atoms with E-state index in [4.69, 9.17) is 4.74 Å². The molecule has 1 aromatic carbocycles. The van der Waals surface area contributed by atoms with E-state index in [9.17, 15) is 12.8 Å². The highest BCUT2D eigenvalue weighted by atomic mass is 32.2. The summed E-state index contributed by atoms with van der Waals surface area (Å²) in [6.45, 7) is 2.22. The molecule has 0 radical (unpaired) electrons. The Balaban J connectivity index is 1.74. The molecule has 2 aliphatic heterocycles. The first kappa shape index (κ1) is 14.2. The van der Waals surface area contributed by atoms with Crippen molar-refractivity contribution in [3.05, 3.63) is 30.2 Å². The molecule has 5 nitrogen and oxygen atoms in total. The fourth-order valence-corrected chi connectivity index (χ4v) is 5.25. The Bertz CT molecular complexity index is 824. The van der Waals surface area contributed by atoms with Crippen molar-refractivity contribution >= 4 is 20.9 Å². The van der Waals surface area contributed by atoms with Crippen LogP contribution in [0.2, 0.25) is 0 Å². The average molecular weight is 324 g/mol. The van der Waals surface area contributed by atoms with Gasteiger partial charge in [0.1, 0.15) is 10.7 Å². The minimum Gasteiger partial charge on any atom is -0.381 e. The van der Waals surface area contributed by atoms with Gasteiger partial charge < -0.3 is 9.72 Å². The van der Waals surface area contributed by atoms with Crippen molar-refractivity contribution in [3.63, 3.8) is 0 Å². The zero-order chi connectivity index (χ0) is 15.4. The van der Waals surface area contributed by atoms with Gasteiger partial charge in [0.2, 0.25) is 10.0 Å². The fraction of sp³-hybridized carbons (Fsp3) is 0.467. The number of benzene rings is 1. The zero-order valence-electron chi connectivity index (χ0n) is 12.0. The molecular weight excluding hydrogens is 307 g/mol. The van der Waals surface area contributed by atoms with E-state index in [1.165, 1.54) is 16.6 Å². The van der Waals surface area contributed by atoms with Crippen molar-refractivity contribution in [2.24, 2.45) is 5.41 Å². The van der Waals surface area contributed by atoms with Gasteiger partial charge in [0.25, 0.3) is 0 Å². The van der Waals surface area contributed by atoms with Gasteiger partial charge in [-0.25, -0.2) is 12.8 Å². The molecular formula is C15H17FN2O3S. The molecule has 1 atom stereocenters. The highest BCUT2D eigenvalue weighted by molar-refractivity contribution is 7.89. The number of sulfonamides is 1. The predicted molar refractivity (Wildman–Crippen MR) is 79.5 cm³/mol. The Kier molecular flexibility index (Phi) is 3.08. The molecule has 0 amide bonds. The maximum Gasteiger partial charge on any atom is 0.245 e. The summed E-state index contributed by atoms with van der Waals surface area (Å²) in [6, 6.07) is 4.52. The Morgan fingerprint density at radius 1 is 1.32 bits per heavy atom. The molecule has 0 bridgehead atoms. The van der Waals surface area contributed by atoms with Gasteiger partial charge in [0.05, 0.1) is 12.0 Å². The second-order valence-electron chi connectivity index (χ2n) is 6.21. The van der Waals surface area contributed by atoms with Crippen LogP contribution in [0, 0.1) is 11.2 Å². The number of hydrogen-bond acceptors (Lipinski definition) is 3. The summed E-state index contributed by atoms with van der Waals surface area (Å²) < 4.78 is 46.8. The van der Waals surface area contributed by atoms with Gasteiger partial charge in [0, 0.05) is 36.8 Å². The van der Waals surface area contributed by atoms with Gasteiger partial charge in [-0.1, -0.05) is 6.07 Å². The van der Waals surface area contributed by atoms with Crippen LogP contribution < -0.4 is 0 Å². The molecule has 0 saturated carbocycles. The number of ether oxygens (including phenoxy) is 1. The first-order chi connectivity index (χ1) is 10.5. The first-order valence-corrected chi connectivity index (χ1v) is 8.79. The molecule has 1 spiro atoms. The molecule has 1 N–H and O–H groups in total. The van der Waals surface area contributed by atoms with Crippen molar-refractivity contribution in [2.45, 2.75) is 17.7 Å². The van der Waals surface area contributed by atoms with E-state index in [0.717, 1.165) is 12.8 Å². The Morgan fingerprint density at radius 3 is 2.95 bits per heavy atom. The number of rotatable bonds is 2. The molecule has 2 aromatic rings. The molecule has 2 saturated heterocycles. The van der Waals surface area contributed by atoms with Crippen molar-refractivity contribution < 1.29 is 17.5 Å². The lowest BCUT2D eigenvalue weighted by atomic mass is 9.87. The van der Waals surface area contributed by atoms with E-state index in [1.807, 2.05) is 0 Å². The summed E-state index contributed by atoms with van der Waals surface area (Å²) in [5.41, 5.74) is 0.439. The third kappa shape index (κ3) is 2.00. The van der Waals surface area contributed by atoms with E-state index in [2.05, 4.69) is 4.98 Å². The van der Waals surface area contributed by atoms with Crippen LogP contribution in [0.15, 0.2) is 29.3 Å². The summed E-state index contributed by atoms with van der Waals surface area (Å²) in [6.07, 6.45) is 3.08. The Labute approximate surface area is 128 Å². The SMILES string of the molecule is O=S(=O)(c1c[nH]c2cccc(F)c12)N1CCC2(CCOC2)C1. The third-order valence-electron chi connectivity index (χ3n) is 4.82. The quantitative estimate of drug-likeness (QED) is 0.920. The monoisotopic (exact) mass is 324 g/mol. The van der Waals surface area contributed by atoms with Crippen LogP contribution in [-0.2, 0) is 14.8 Å². The molecule has 2 fully saturated rings. The first-order valence-electron chi connectivity index (χ1n) is 7.35. The van der Waals surface area contributed by atoms with Crippen molar-refractivity contribution in [2.75, 3.05) is 26.3 Å². The molecule has 22 heavy (non-hydrogen) atoms. The number of nitrogens with one attached hydrogen (secondary N) is 1. The van der Waals surface area contributed by atoms with E-state index < -0.39 is 15.8 Å². The largest absolute Gasteiger partial charge is 0.381 e. The van der Waals surface area contributed by atoms with Gasteiger partial charge in [0.15, 0.2) is 0 Å². The van der Waals surface area contributed by atoms with Crippen LogP contribution >= 0.6 is 0 Å². The van der Waals surface area contributed by atoms with Crippen molar-refractivity contribution in [1.29, 1.82) is 0 Å². The van der Waals surface area contributed by atoms with E-state index in [-0.39, 0.29) is 15.7 Å². The number of aromatic amines is 1. The lowest BCUT2D eigenvalue weighted by Crippen LogP contribution is -2.32. The maximum atomic E-state index is 14.1. The number of H-pyrrole nitrogens is 1. The summed E-state index contributed by atoms with van der Waals surface area (Å²) in [7, 11) is -3.70. The third-order valence-corrected chi connectivity index (χ3v) is 6.69. The normalized spacial score (nSPS) is 26.4. The molecule has 4 rings (SSSR count). The number of nitrogens with zero attached hydrogens (tertiary/aromatic N) is 1. The van der Waals surface area contributed by atoms with Crippen LogP contribution in [-0.4, -0.2) is 44.0 Å². The maximum absolute atomic E-state index is 14.1. The summed E-state index contributed by atoms with van der Waals surface area (Å²) in [5, 5.41) is 0.145. The van der Waals surface area contributed by atoms with Gasteiger partial charge in [-0.15, -0.1) is 0 Å². The highest BCUT2D eigenvalue weighted by Crippen LogP contribution is 2.41. The van der Waals surface area contributed by atoms with Crippen LogP contribution in [0.4, 0.5) is 4.39 Å². The van der Waals surface area contributed by atoms with Crippen LogP contribution in [0.3, 0.4) is 0 Å². The summed E-state index contributed by atoms with van der Waals surface area (Å²) in [4.78, 5) is 2.87. The average Bonchev–Trinajstić information content (AvgIpc) is 3.21. The molecule has 7 heteroatoms. The van der Waals surface area contributed by atoms with E-state index in [1.54, 1.807) is 12.1 Å². The molecule has 2 aliphatic rings. The lowest BCUT2D eigenvalue weighted by molar-refractivity contribution is 0.157. The smallest absolute Gasteiger partial charge is 0.245 e. The summed E-state index contributed by atoms with van der Waals surface area (Å²) in [5.74, 6) is -0.518. The van der Waals surface area contributed by atoms with Crippen LogP contribution in [0.5, 0.6) is 0 Å². The van der Waals surface area contributed by atoms with Crippen molar-refractivity contribution in [3.8, 4) is 0 Å². The Hall–Kier alpha value is -1.44. The van der Waals surface area contributed by atoms with Crippen molar-refractivity contribution in [1.82, 2.24) is 9.29 Å². The lowest BCUT2D eigenvalue weighted by Gasteiger charge is -2.21. The van der Waals surface area contributed by atoms with Gasteiger partial charge >= 0.3 is 0 Å². The molecule has 1 aromatic heterocycles. The van der Waals surface area contributed by atoms with Gasteiger partial charge in [-0.2, -0.15) is 4.31 Å². The summed E-state index contributed by atoms with van der Waals surface area (Å²) >= 11 is 0. The number of halogens is 1. The minimum absolute atomic E-state index is 0.0246. The van der Waals surface area contributed by atoms with E-state index in [0.29, 0.717) is 31.8 Å². The zero-order valence-corrected chi connectivity index (χ0v) is 12.8. The minimum atomic E-state index is -3.70. The van der Waals surface area contributed by atoms with Gasteiger partial charge in [-0.3, -0.25) is 0 Å². The molecule has 1 unspecified atom stereocenters. The Morgan fingerprint density at radius 2 is 2.18 bits per heavy atom. The highest BCUT2D eigenvalue weighted by Gasteiger charge is 2.45. The predicted octanol–water partition coefficient (Wildman–Crippen LogP) is 2.11. The number of hydrogen-bond donors (Lipinski definition) is 1. The second kappa shape index (κ2) is 4.78. The van der Waals surface area contributed by atoms with Gasteiger partial charge in [-0.05, 0) is 25.0 Å². The second-order valence-corrected chi connectivity index (χ2v) is 8.11. The number of aromatic nitrogens is 1. The molecule has 3 heterocycles.